The summed E-state index contributed by atoms with van der Waals surface area (Å²) < 4.78 is 9.00. The van der Waals surface area contributed by atoms with E-state index in [4.69, 9.17) is 9.72 Å². The Morgan fingerprint density at radius 3 is 2.08 bits per heavy atom. The Hall–Kier alpha value is -6.19. The molecule has 0 radical (unpaired) electrons. The topological polar surface area (TPSA) is 27.1 Å². The maximum atomic E-state index is 6.66. The van der Waals surface area contributed by atoms with E-state index in [0.717, 1.165) is 46.0 Å². The molecule has 0 unspecified atom stereocenters. The molecule has 0 fully saturated rings. The van der Waals surface area contributed by atoms with Crippen LogP contribution >= 0.6 is 0 Å². The van der Waals surface area contributed by atoms with E-state index in [-0.39, 0.29) is 0 Å². The molecule has 0 saturated heterocycles. The van der Waals surface area contributed by atoms with Crippen molar-refractivity contribution in [3.8, 4) is 50.6 Å². The molecule has 0 bridgehead atoms. The average molecular weight is 615 g/mol. The number of hydrogen-bond acceptors (Lipinski definition) is 2. The molecule has 10 rings (SSSR count). The molecular weight excluding hydrogens is 585 g/mol. The van der Waals surface area contributed by atoms with Gasteiger partial charge in [-0.05, 0) is 90.5 Å². The molecule has 3 nitrogen and oxygen atoms in total. The highest BCUT2D eigenvalue weighted by molar-refractivity contribution is 6.23. The minimum absolute atomic E-state index is 0.808. The first-order chi connectivity index (χ1) is 23.8. The van der Waals surface area contributed by atoms with Crippen molar-refractivity contribution in [2.45, 2.75) is 13.3 Å². The minimum Gasteiger partial charge on any atom is -0.453 e. The Morgan fingerprint density at radius 2 is 1.23 bits per heavy atom. The third-order valence-electron chi connectivity index (χ3n) is 9.91. The number of ether oxygens (including phenoxy) is 1. The number of fused-ring (bicyclic) bond motifs is 5. The molecular formula is C45H30N2O. The Morgan fingerprint density at radius 1 is 0.521 bits per heavy atom. The molecule has 48 heavy (non-hydrogen) atoms. The number of nitrogens with zero attached hydrogens (tertiary/aromatic N) is 2. The lowest BCUT2D eigenvalue weighted by atomic mass is 9.84. The lowest BCUT2D eigenvalue weighted by Crippen LogP contribution is -2.09. The standard InChI is InChI=1S/C45H30N2O/c1-2-41-46-38-19-11-21-40-45(38)47(41)44-36(18-10-20-39(44)48-40)43-34-17-9-8-16-33(34)42(32-23-22-29-14-6-7-15-30(29)26-32)35-25-24-31(27-37(35)43)28-12-4-3-5-13-28/h3-27H,2H2,1H3. The first-order valence-corrected chi connectivity index (χ1v) is 16.6. The number of rotatable bonds is 4. The lowest BCUT2D eigenvalue weighted by Gasteiger charge is -2.25. The van der Waals surface area contributed by atoms with Crippen molar-refractivity contribution >= 4 is 43.4 Å². The van der Waals surface area contributed by atoms with E-state index in [1.165, 1.54) is 60.1 Å². The predicted octanol–water partition coefficient (Wildman–Crippen LogP) is 12.2. The molecule has 0 spiro atoms. The second-order valence-corrected chi connectivity index (χ2v) is 12.6. The lowest BCUT2D eigenvalue weighted by molar-refractivity contribution is 0.474. The van der Waals surface area contributed by atoms with E-state index in [2.05, 4.69) is 151 Å². The van der Waals surface area contributed by atoms with Crippen LogP contribution in [0.2, 0.25) is 0 Å². The van der Waals surface area contributed by atoms with Crippen molar-refractivity contribution in [1.29, 1.82) is 0 Å². The molecule has 0 aliphatic carbocycles. The Kier molecular flexibility index (Phi) is 5.85. The van der Waals surface area contributed by atoms with Gasteiger partial charge in [0.15, 0.2) is 11.5 Å². The Balaban J connectivity index is 1.36. The second kappa shape index (κ2) is 10.4. The summed E-state index contributed by atoms with van der Waals surface area (Å²) in [4.78, 5) is 5.08. The third kappa shape index (κ3) is 3.91. The van der Waals surface area contributed by atoms with Gasteiger partial charge in [-0.2, -0.15) is 0 Å². The largest absolute Gasteiger partial charge is 0.453 e. The highest BCUT2D eigenvalue weighted by atomic mass is 16.5. The SMILES string of the molecule is CCc1nc2cccc3c2n1-c1c(cccc1-c1c2ccccc2c(-c2ccc4ccccc4c2)c2ccc(-c4ccccc4)cc12)O3. The first kappa shape index (κ1) is 27.0. The summed E-state index contributed by atoms with van der Waals surface area (Å²) in [5.74, 6) is 2.72. The molecule has 1 aliphatic rings. The molecule has 1 aliphatic heterocycles. The van der Waals surface area contributed by atoms with Crippen LogP contribution in [0, 0.1) is 0 Å². The van der Waals surface area contributed by atoms with Crippen LogP contribution in [0.25, 0.3) is 82.4 Å². The van der Waals surface area contributed by atoms with Gasteiger partial charge in [0.05, 0.1) is 11.2 Å². The smallest absolute Gasteiger partial charge is 0.153 e. The van der Waals surface area contributed by atoms with E-state index in [0.29, 0.717) is 0 Å². The number of para-hydroxylation sites is 2. The molecule has 3 heteroatoms. The molecule has 2 heterocycles. The fourth-order valence-corrected chi connectivity index (χ4v) is 7.79. The van der Waals surface area contributed by atoms with Crippen molar-refractivity contribution in [2.75, 3.05) is 0 Å². The summed E-state index contributed by atoms with van der Waals surface area (Å²) >= 11 is 0. The average Bonchev–Trinajstić information content (AvgIpc) is 3.53. The summed E-state index contributed by atoms with van der Waals surface area (Å²) in [6.45, 7) is 2.18. The van der Waals surface area contributed by atoms with Crippen LogP contribution in [-0.4, -0.2) is 9.55 Å². The van der Waals surface area contributed by atoms with Gasteiger partial charge in [0.2, 0.25) is 0 Å². The number of imidazole rings is 1. The zero-order valence-electron chi connectivity index (χ0n) is 26.4. The van der Waals surface area contributed by atoms with Gasteiger partial charge in [0.25, 0.3) is 0 Å². The fourth-order valence-electron chi connectivity index (χ4n) is 7.79. The van der Waals surface area contributed by atoms with Crippen molar-refractivity contribution in [2.24, 2.45) is 0 Å². The fraction of sp³-hybridized carbons (Fsp3) is 0.0444. The maximum Gasteiger partial charge on any atom is 0.153 e. The number of hydrogen-bond donors (Lipinski definition) is 0. The molecule has 0 N–H and O–H groups in total. The van der Waals surface area contributed by atoms with Gasteiger partial charge in [-0.15, -0.1) is 0 Å². The van der Waals surface area contributed by atoms with E-state index in [1.807, 2.05) is 12.1 Å². The first-order valence-electron chi connectivity index (χ1n) is 16.6. The molecule has 0 amide bonds. The zero-order chi connectivity index (χ0) is 31.8. The van der Waals surface area contributed by atoms with Crippen LogP contribution in [0.3, 0.4) is 0 Å². The zero-order valence-corrected chi connectivity index (χ0v) is 26.4. The second-order valence-electron chi connectivity index (χ2n) is 12.6. The van der Waals surface area contributed by atoms with E-state index < -0.39 is 0 Å². The summed E-state index contributed by atoms with van der Waals surface area (Å²) in [7, 11) is 0. The summed E-state index contributed by atoms with van der Waals surface area (Å²) in [5, 5.41) is 7.34. The number of benzene rings is 8. The predicted molar refractivity (Wildman–Crippen MR) is 199 cm³/mol. The van der Waals surface area contributed by atoms with Crippen LogP contribution < -0.4 is 4.74 Å². The summed E-state index contributed by atoms with van der Waals surface area (Å²) in [6, 6.07) is 54.7. The van der Waals surface area contributed by atoms with Crippen LogP contribution in [-0.2, 0) is 6.42 Å². The van der Waals surface area contributed by atoms with Gasteiger partial charge in [-0.1, -0.05) is 128 Å². The molecule has 0 saturated carbocycles. The quantitative estimate of drug-likeness (QED) is 0.184. The van der Waals surface area contributed by atoms with Gasteiger partial charge in [0.1, 0.15) is 11.3 Å². The number of aromatic nitrogens is 2. The van der Waals surface area contributed by atoms with Gasteiger partial charge in [-0.25, -0.2) is 4.98 Å². The maximum absolute atomic E-state index is 6.66. The summed E-state index contributed by atoms with van der Waals surface area (Å²) in [6.07, 6.45) is 0.808. The number of aryl methyl sites for hydroxylation is 1. The highest BCUT2D eigenvalue weighted by Crippen LogP contribution is 2.50. The van der Waals surface area contributed by atoms with Crippen LogP contribution in [0.5, 0.6) is 11.5 Å². The van der Waals surface area contributed by atoms with Gasteiger partial charge in [0, 0.05) is 12.0 Å². The molecule has 8 aromatic carbocycles. The summed E-state index contributed by atoms with van der Waals surface area (Å²) in [5.41, 5.74) is 10.2. The van der Waals surface area contributed by atoms with Crippen molar-refractivity contribution in [3.63, 3.8) is 0 Å². The van der Waals surface area contributed by atoms with Gasteiger partial charge < -0.3 is 4.74 Å². The van der Waals surface area contributed by atoms with E-state index >= 15 is 0 Å². The molecule has 0 atom stereocenters. The van der Waals surface area contributed by atoms with Crippen molar-refractivity contribution in [1.82, 2.24) is 9.55 Å². The Bertz CT molecular complexity index is 2740. The van der Waals surface area contributed by atoms with Gasteiger partial charge >= 0.3 is 0 Å². The Labute approximate surface area is 278 Å². The molecule has 1 aromatic heterocycles. The van der Waals surface area contributed by atoms with Crippen LogP contribution in [0.1, 0.15) is 12.7 Å². The minimum atomic E-state index is 0.808. The van der Waals surface area contributed by atoms with Crippen LogP contribution in [0.4, 0.5) is 0 Å². The van der Waals surface area contributed by atoms with Crippen LogP contribution in [0.15, 0.2) is 152 Å². The normalized spacial score (nSPS) is 12.1. The van der Waals surface area contributed by atoms with Gasteiger partial charge in [-0.3, -0.25) is 4.57 Å². The third-order valence-corrected chi connectivity index (χ3v) is 9.91. The van der Waals surface area contributed by atoms with Crippen molar-refractivity contribution in [3.05, 3.63) is 157 Å². The van der Waals surface area contributed by atoms with E-state index in [9.17, 15) is 0 Å². The monoisotopic (exact) mass is 614 g/mol. The highest BCUT2D eigenvalue weighted by Gasteiger charge is 2.28. The molecule has 9 aromatic rings. The molecule has 226 valence electrons. The van der Waals surface area contributed by atoms with E-state index in [1.54, 1.807) is 0 Å². The van der Waals surface area contributed by atoms with Crippen molar-refractivity contribution < 1.29 is 4.74 Å².